The fraction of sp³-hybridized carbons (Fsp3) is 0.360. The van der Waals surface area contributed by atoms with Crippen molar-refractivity contribution in [3.8, 4) is 22.5 Å². The van der Waals surface area contributed by atoms with Crippen LogP contribution in [0.15, 0.2) is 72.8 Å². The monoisotopic (exact) mass is 890 g/mol. The van der Waals surface area contributed by atoms with Crippen molar-refractivity contribution in [2.75, 3.05) is 11.1 Å². The topological polar surface area (TPSA) is 171 Å². The van der Waals surface area contributed by atoms with Crippen LogP contribution in [0.2, 0.25) is 10.0 Å². The molecule has 2 aliphatic carbocycles. The van der Waals surface area contributed by atoms with Gasteiger partial charge in [-0.1, -0.05) is 86.0 Å². The molecule has 13 heteroatoms. The van der Waals surface area contributed by atoms with Crippen molar-refractivity contribution in [2.45, 2.75) is 116 Å². The molecule has 0 saturated heterocycles. The molecule has 2 aromatic heterocycles. The number of fused-ring (bicyclic) bond motifs is 6. The smallest absolute Gasteiger partial charge is 0.373 e. The molecule has 0 spiro atoms. The van der Waals surface area contributed by atoms with Crippen molar-refractivity contribution in [3.05, 3.63) is 105 Å². The van der Waals surface area contributed by atoms with Gasteiger partial charge in [0, 0.05) is 68.2 Å². The van der Waals surface area contributed by atoms with Crippen molar-refractivity contribution in [1.82, 2.24) is 9.13 Å². The van der Waals surface area contributed by atoms with E-state index >= 15 is 0 Å². The van der Waals surface area contributed by atoms with E-state index in [4.69, 9.17) is 48.1 Å². The molecule has 3 heterocycles. The molecule has 4 N–H and O–H groups in total. The predicted molar refractivity (Wildman–Crippen MR) is 246 cm³/mol. The number of nitrogens with two attached hydrogens (primary N) is 1. The number of nitrogen functional groups attached to an aromatic ring is 1. The number of hydrogen-bond donors (Lipinski definition) is 3. The number of carboxylic acid groups (broad SMARTS) is 1. The fourth-order valence-electron chi connectivity index (χ4n) is 9.84. The summed E-state index contributed by atoms with van der Waals surface area (Å²) in [5.74, 6) is 0.288. The van der Waals surface area contributed by atoms with Crippen LogP contribution in [-0.2, 0) is 41.9 Å². The molecule has 2 fully saturated rings. The Kier molecular flexibility index (Phi) is 15.8. The third-order valence-electron chi connectivity index (χ3n) is 12.4. The first-order chi connectivity index (χ1) is 30.4. The molecule has 328 valence electrons. The van der Waals surface area contributed by atoms with E-state index in [0.717, 1.165) is 46.4 Å². The molecule has 63 heavy (non-hydrogen) atoms. The van der Waals surface area contributed by atoms with Gasteiger partial charge < -0.3 is 25.3 Å². The average molecular weight is 892 g/mol. The van der Waals surface area contributed by atoms with Crippen molar-refractivity contribution < 1.29 is 33.9 Å². The lowest BCUT2D eigenvalue weighted by atomic mass is 9.81. The van der Waals surface area contributed by atoms with Crippen LogP contribution in [0, 0.1) is 13.8 Å². The Hall–Kier alpha value is -5.96. The Labute approximate surface area is 376 Å². The normalized spacial score (nSPS) is 15.0. The number of anilines is 2. The highest BCUT2D eigenvalue weighted by Gasteiger charge is 2.30. The van der Waals surface area contributed by atoms with Crippen LogP contribution >= 0.6 is 23.2 Å². The zero-order valence-electron chi connectivity index (χ0n) is 35.6. The van der Waals surface area contributed by atoms with Crippen molar-refractivity contribution in [3.63, 3.8) is 0 Å². The first-order valence-electron chi connectivity index (χ1n) is 21.5. The first kappa shape index (κ1) is 46.5. The van der Waals surface area contributed by atoms with Crippen molar-refractivity contribution in [2.24, 2.45) is 0 Å². The quantitative estimate of drug-likeness (QED) is 0.139. The van der Waals surface area contributed by atoms with Gasteiger partial charge in [-0.05, 0) is 122 Å². The summed E-state index contributed by atoms with van der Waals surface area (Å²) in [7, 11) is 0. The van der Waals surface area contributed by atoms with Crippen LogP contribution in [0.3, 0.4) is 0 Å². The number of amides is 1. The maximum absolute atomic E-state index is 12.5. The molecule has 1 aliphatic heterocycles. The third-order valence-corrected chi connectivity index (χ3v) is 12.9. The lowest BCUT2D eigenvalue weighted by Crippen LogP contribution is -2.19. The molecule has 9 rings (SSSR count). The summed E-state index contributed by atoms with van der Waals surface area (Å²) in [6.45, 7) is 5.34. The van der Waals surface area contributed by atoms with E-state index in [1.165, 1.54) is 90.0 Å². The molecule has 0 atom stereocenters. The minimum absolute atomic E-state index is 0.0443. The van der Waals surface area contributed by atoms with E-state index in [-0.39, 0.29) is 24.6 Å². The van der Waals surface area contributed by atoms with E-state index in [1.54, 1.807) is 6.07 Å². The van der Waals surface area contributed by atoms with Gasteiger partial charge in [-0.15, -0.1) is 0 Å². The number of nitrogens with one attached hydrogen (secondary N) is 1. The number of aliphatic carboxylic acids is 1. The molecule has 3 aliphatic rings. The number of benzene rings is 4. The van der Waals surface area contributed by atoms with E-state index in [0.29, 0.717) is 47.1 Å². The number of nitrogens with zero attached hydrogens (tertiary/aromatic N) is 2. The highest BCUT2D eigenvalue weighted by molar-refractivity contribution is 6.31. The molecular weight excluding hydrogens is 839 g/mol. The summed E-state index contributed by atoms with van der Waals surface area (Å²) >= 11 is 12.4. The molecule has 0 bridgehead atoms. The van der Waals surface area contributed by atoms with Crippen molar-refractivity contribution >= 4 is 80.6 Å². The van der Waals surface area contributed by atoms with Crippen molar-refractivity contribution in [1.29, 1.82) is 0 Å². The van der Waals surface area contributed by atoms with Crippen LogP contribution in [0.1, 0.15) is 111 Å². The molecule has 4 aromatic carbocycles. The van der Waals surface area contributed by atoms with Crippen LogP contribution < -0.4 is 11.1 Å². The maximum atomic E-state index is 12.5. The van der Waals surface area contributed by atoms with E-state index in [1.807, 2.05) is 24.3 Å². The molecule has 0 unspecified atom stereocenters. The molecule has 11 nitrogen and oxygen atoms in total. The standard InChI is InChI=1S/C24H27ClN2O2.C24H25ClN2O.2CO2/c1-15-7-9-19-21(13-15)27(12-11-22(28)29)24(18-10-8-17(25)14-20(18)26)23(19)16-5-3-2-4-6-16;1-15-7-9-19-21(13-15)27-12-11-22(28)26-20-14-17(25)8-10-18(20)24(27)23(19)16-5-3-2-4-6-16;2*2-1-3/h7-10,13-14,16H,2-6,11-12,26H2,1H3,(H,28,29);7-10,13-14,16H,2-6,11-12H2,1H3,(H,26,28);;. The number of carbonyl (C=O) groups excluding carboxylic acids is 5. The lowest BCUT2D eigenvalue weighted by molar-refractivity contribution is -0.193. The molecule has 0 radical (unpaired) electrons. The summed E-state index contributed by atoms with van der Waals surface area (Å²) in [6, 6.07) is 24.8. The second-order valence-corrected chi connectivity index (χ2v) is 17.4. The third kappa shape index (κ3) is 10.6. The van der Waals surface area contributed by atoms with Crippen LogP contribution in [0.5, 0.6) is 0 Å². The van der Waals surface area contributed by atoms with Crippen LogP contribution in [-0.4, -0.2) is 38.4 Å². The number of halogens is 2. The van der Waals surface area contributed by atoms with Gasteiger partial charge in [0.25, 0.3) is 0 Å². The van der Waals surface area contributed by atoms with Gasteiger partial charge >= 0.3 is 18.3 Å². The van der Waals surface area contributed by atoms with Gasteiger partial charge in [0.15, 0.2) is 0 Å². The van der Waals surface area contributed by atoms with E-state index in [9.17, 15) is 14.7 Å². The Morgan fingerprint density at radius 3 is 1.78 bits per heavy atom. The number of carbonyl (C=O) groups is 2. The summed E-state index contributed by atoms with van der Waals surface area (Å²) < 4.78 is 4.55. The van der Waals surface area contributed by atoms with Crippen LogP contribution in [0.25, 0.3) is 44.3 Å². The Morgan fingerprint density at radius 2 is 1.22 bits per heavy atom. The SMILES string of the molecule is Cc1ccc2c(C3CCCCC3)c(-c3ccc(Cl)cc3N)n(CCC(=O)O)c2c1.Cc1ccc2c(C3CCCCC3)c3n(c2c1)CCC(=O)Nc1cc(Cl)ccc1-3.O=C=O.O=C=O. The van der Waals surface area contributed by atoms with Gasteiger partial charge in [-0.2, -0.15) is 19.2 Å². The Bertz CT molecular complexity index is 2680. The highest BCUT2D eigenvalue weighted by Crippen LogP contribution is 2.48. The minimum atomic E-state index is -0.797. The van der Waals surface area contributed by atoms with E-state index in [2.05, 4.69) is 70.8 Å². The summed E-state index contributed by atoms with van der Waals surface area (Å²) in [5, 5.41) is 16.3. The first-order valence-corrected chi connectivity index (χ1v) is 22.3. The fourth-order valence-corrected chi connectivity index (χ4v) is 10.2. The summed E-state index contributed by atoms with van der Waals surface area (Å²) in [4.78, 5) is 56.4. The van der Waals surface area contributed by atoms with Gasteiger partial charge in [0.2, 0.25) is 5.91 Å². The van der Waals surface area contributed by atoms with E-state index < -0.39 is 5.97 Å². The molecule has 1 amide bonds. The lowest BCUT2D eigenvalue weighted by Gasteiger charge is -2.25. The largest absolute Gasteiger partial charge is 0.481 e. The predicted octanol–water partition coefficient (Wildman–Crippen LogP) is 11.9. The second kappa shape index (κ2) is 21.4. The van der Waals surface area contributed by atoms with Gasteiger partial charge in [0.05, 0.1) is 23.5 Å². The number of rotatable bonds is 6. The molecule has 2 saturated carbocycles. The highest BCUT2D eigenvalue weighted by atomic mass is 35.5. The summed E-state index contributed by atoms with van der Waals surface area (Å²) in [6.07, 6.45) is 13.5. The number of aromatic nitrogens is 2. The average Bonchev–Trinajstić information content (AvgIpc) is 3.74. The summed E-state index contributed by atoms with van der Waals surface area (Å²) in [5.41, 5.74) is 19.8. The zero-order chi connectivity index (χ0) is 45.2. The molecular formula is C50H52Cl2N4O7. The number of aryl methyl sites for hydroxylation is 4. The Balaban J connectivity index is 0.000000187. The Morgan fingerprint density at radius 1 is 0.714 bits per heavy atom. The zero-order valence-corrected chi connectivity index (χ0v) is 37.1. The van der Waals surface area contributed by atoms with Crippen LogP contribution in [0.4, 0.5) is 11.4 Å². The molecule has 6 aromatic rings. The number of carboxylic acids is 1. The van der Waals surface area contributed by atoms with Gasteiger partial charge in [-0.25, -0.2) is 0 Å². The second-order valence-electron chi connectivity index (χ2n) is 16.6. The van der Waals surface area contributed by atoms with Gasteiger partial charge in [0.1, 0.15) is 0 Å². The minimum Gasteiger partial charge on any atom is -0.481 e. The van der Waals surface area contributed by atoms with Gasteiger partial charge in [-0.3, -0.25) is 9.59 Å². The maximum Gasteiger partial charge on any atom is 0.373 e. The number of hydrogen-bond acceptors (Lipinski definition) is 7.